The third-order valence-electron chi connectivity index (χ3n) is 2.85. The Kier molecular flexibility index (Phi) is 2.29. The molecule has 1 aliphatic heterocycles. The van der Waals surface area contributed by atoms with Crippen LogP contribution in [0.5, 0.6) is 0 Å². The quantitative estimate of drug-likeness (QED) is 0.631. The number of hydrogen-bond acceptors (Lipinski definition) is 1. The van der Waals surface area contributed by atoms with E-state index in [1.165, 1.54) is 0 Å². The Morgan fingerprint density at radius 1 is 1.43 bits per heavy atom. The first kappa shape index (κ1) is 9.96. The summed E-state index contributed by atoms with van der Waals surface area (Å²) in [5.74, 6) is -3.15. The molecular formula is C9H11F4N. The van der Waals surface area contributed by atoms with Crippen molar-refractivity contribution in [3.63, 3.8) is 0 Å². The molecule has 0 aromatic carbocycles. The van der Waals surface area contributed by atoms with E-state index in [0.717, 1.165) is 0 Å². The largest absolute Gasteiger partial charge is 0.298 e. The van der Waals surface area contributed by atoms with Crippen molar-refractivity contribution >= 4 is 0 Å². The molecule has 2 rings (SSSR count). The van der Waals surface area contributed by atoms with Crippen LogP contribution < -0.4 is 0 Å². The zero-order valence-corrected chi connectivity index (χ0v) is 7.57. The van der Waals surface area contributed by atoms with Crippen molar-refractivity contribution < 1.29 is 17.6 Å². The Morgan fingerprint density at radius 2 is 2.07 bits per heavy atom. The summed E-state index contributed by atoms with van der Waals surface area (Å²) in [6.07, 6.45) is -1.41. The lowest BCUT2D eigenvalue weighted by atomic mass is 10.3. The summed E-state index contributed by atoms with van der Waals surface area (Å²) >= 11 is 0. The molecule has 14 heavy (non-hydrogen) atoms. The Morgan fingerprint density at radius 3 is 2.50 bits per heavy atom. The van der Waals surface area contributed by atoms with Gasteiger partial charge in [0.15, 0.2) is 0 Å². The van der Waals surface area contributed by atoms with Gasteiger partial charge in [-0.2, -0.15) is 8.78 Å². The molecule has 1 heterocycles. The van der Waals surface area contributed by atoms with E-state index in [2.05, 4.69) is 0 Å². The molecule has 1 atom stereocenters. The predicted octanol–water partition coefficient (Wildman–Crippen LogP) is 2.50. The van der Waals surface area contributed by atoms with Gasteiger partial charge >= 0.3 is 0 Å². The zero-order valence-electron chi connectivity index (χ0n) is 7.57. The van der Waals surface area contributed by atoms with Crippen LogP contribution in [0, 0.1) is 5.92 Å². The van der Waals surface area contributed by atoms with Gasteiger partial charge in [0, 0.05) is 37.5 Å². The van der Waals surface area contributed by atoms with Crippen LogP contribution in [0.15, 0.2) is 11.7 Å². The molecule has 1 nitrogen and oxygen atoms in total. The van der Waals surface area contributed by atoms with E-state index in [1.807, 2.05) is 0 Å². The van der Waals surface area contributed by atoms with Crippen molar-refractivity contribution in [1.82, 2.24) is 4.90 Å². The Labute approximate surface area is 79.4 Å². The van der Waals surface area contributed by atoms with Gasteiger partial charge in [-0.05, 0) is 6.42 Å². The number of nitrogens with zero attached hydrogens (tertiary/aromatic N) is 1. The van der Waals surface area contributed by atoms with E-state index < -0.39 is 17.9 Å². The minimum absolute atomic E-state index is 0.0827. The lowest BCUT2D eigenvalue weighted by Crippen LogP contribution is -2.23. The molecule has 1 aliphatic carbocycles. The molecule has 1 saturated carbocycles. The molecule has 0 aromatic rings. The number of likely N-dealkylation sites (tertiary alicyclic amines) is 1. The number of alkyl halides is 2. The SMILES string of the molecule is FC(F)=C1CCN(CC2CC2(F)F)C1. The highest BCUT2D eigenvalue weighted by Gasteiger charge is 2.57. The van der Waals surface area contributed by atoms with E-state index in [9.17, 15) is 17.6 Å². The van der Waals surface area contributed by atoms with Gasteiger partial charge in [0.2, 0.25) is 0 Å². The lowest BCUT2D eigenvalue weighted by molar-refractivity contribution is 0.0902. The highest BCUT2D eigenvalue weighted by molar-refractivity contribution is 5.11. The number of rotatable bonds is 2. The fourth-order valence-corrected chi connectivity index (χ4v) is 1.81. The highest BCUT2D eigenvalue weighted by Crippen LogP contribution is 2.49. The van der Waals surface area contributed by atoms with Gasteiger partial charge in [-0.25, -0.2) is 8.78 Å². The van der Waals surface area contributed by atoms with Gasteiger partial charge in [-0.15, -0.1) is 0 Å². The summed E-state index contributed by atoms with van der Waals surface area (Å²) in [4.78, 5) is 1.68. The van der Waals surface area contributed by atoms with Crippen molar-refractivity contribution in [1.29, 1.82) is 0 Å². The van der Waals surface area contributed by atoms with Gasteiger partial charge in [0.1, 0.15) is 0 Å². The first-order chi connectivity index (χ1) is 6.49. The molecule has 5 heteroatoms. The van der Waals surface area contributed by atoms with Gasteiger partial charge in [-0.1, -0.05) is 0 Å². The van der Waals surface area contributed by atoms with Crippen LogP contribution in [-0.4, -0.2) is 30.5 Å². The third-order valence-corrected chi connectivity index (χ3v) is 2.85. The van der Waals surface area contributed by atoms with Crippen LogP contribution in [0.3, 0.4) is 0 Å². The van der Waals surface area contributed by atoms with E-state index in [0.29, 0.717) is 13.0 Å². The lowest BCUT2D eigenvalue weighted by Gasteiger charge is -2.12. The minimum Gasteiger partial charge on any atom is -0.298 e. The minimum atomic E-state index is -2.54. The molecule has 2 aliphatic rings. The van der Waals surface area contributed by atoms with Gasteiger partial charge in [0.25, 0.3) is 12.0 Å². The second-order valence-corrected chi connectivity index (χ2v) is 4.01. The second kappa shape index (κ2) is 3.22. The fraction of sp³-hybridized carbons (Fsp3) is 0.778. The molecule has 1 saturated heterocycles. The van der Waals surface area contributed by atoms with Crippen molar-refractivity contribution in [3.05, 3.63) is 11.7 Å². The summed E-state index contributed by atoms with van der Waals surface area (Å²) < 4.78 is 49.3. The van der Waals surface area contributed by atoms with Crippen LogP contribution in [0.25, 0.3) is 0 Å². The van der Waals surface area contributed by atoms with Crippen LogP contribution in [0.1, 0.15) is 12.8 Å². The predicted molar refractivity (Wildman–Crippen MR) is 43.4 cm³/mol. The fourth-order valence-electron chi connectivity index (χ4n) is 1.81. The monoisotopic (exact) mass is 209 g/mol. The van der Waals surface area contributed by atoms with Gasteiger partial charge in [0.05, 0.1) is 0 Å². The van der Waals surface area contributed by atoms with E-state index in [4.69, 9.17) is 0 Å². The summed E-state index contributed by atoms with van der Waals surface area (Å²) in [7, 11) is 0. The highest BCUT2D eigenvalue weighted by atomic mass is 19.3. The third kappa shape index (κ3) is 1.92. The van der Waals surface area contributed by atoms with E-state index in [1.54, 1.807) is 4.90 Å². The topological polar surface area (TPSA) is 3.24 Å². The summed E-state index contributed by atoms with van der Waals surface area (Å²) in [5, 5.41) is 0. The Hall–Kier alpha value is -0.580. The van der Waals surface area contributed by atoms with Gasteiger partial charge < -0.3 is 0 Å². The molecule has 0 amide bonds. The molecule has 0 N–H and O–H groups in total. The maximum atomic E-state index is 12.5. The maximum Gasteiger partial charge on any atom is 0.270 e. The molecule has 80 valence electrons. The van der Waals surface area contributed by atoms with Crippen LogP contribution in [0.4, 0.5) is 17.6 Å². The number of halogens is 4. The first-order valence-corrected chi connectivity index (χ1v) is 4.62. The molecule has 0 radical (unpaired) electrons. The Balaban J connectivity index is 1.83. The zero-order chi connectivity index (χ0) is 10.3. The van der Waals surface area contributed by atoms with Gasteiger partial charge in [-0.3, -0.25) is 4.90 Å². The molecule has 0 aromatic heterocycles. The number of hydrogen-bond donors (Lipinski definition) is 0. The van der Waals surface area contributed by atoms with Crippen LogP contribution in [0.2, 0.25) is 0 Å². The molecular weight excluding hydrogens is 198 g/mol. The average Bonchev–Trinajstić information content (AvgIpc) is 2.51. The van der Waals surface area contributed by atoms with Crippen molar-refractivity contribution in [2.75, 3.05) is 19.6 Å². The molecule has 1 unspecified atom stereocenters. The molecule has 2 fully saturated rings. The average molecular weight is 209 g/mol. The smallest absolute Gasteiger partial charge is 0.270 e. The molecule has 0 bridgehead atoms. The van der Waals surface area contributed by atoms with Crippen LogP contribution >= 0.6 is 0 Å². The summed E-state index contributed by atoms with van der Waals surface area (Å²) in [5.41, 5.74) is 0.106. The van der Waals surface area contributed by atoms with Crippen molar-refractivity contribution in [2.24, 2.45) is 5.92 Å². The molecule has 0 spiro atoms. The van der Waals surface area contributed by atoms with E-state index in [-0.39, 0.29) is 25.1 Å². The first-order valence-electron chi connectivity index (χ1n) is 4.62. The summed E-state index contributed by atoms with van der Waals surface area (Å²) in [6.45, 7) is 0.901. The van der Waals surface area contributed by atoms with E-state index >= 15 is 0 Å². The normalized spacial score (nSPS) is 30.9. The summed E-state index contributed by atoms with van der Waals surface area (Å²) in [6, 6.07) is 0. The maximum absolute atomic E-state index is 12.5. The van der Waals surface area contributed by atoms with Crippen molar-refractivity contribution in [3.8, 4) is 0 Å². The van der Waals surface area contributed by atoms with Crippen LogP contribution in [-0.2, 0) is 0 Å². The second-order valence-electron chi connectivity index (χ2n) is 4.01. The van der Waals surface area contributed by atoms with Crippen molar-refractivity contribution in [2.45, 2.75) is 18.8 Å². The standard InChI is InChI=1S/C9H11F4N/c10-8(11)6-1-2-14(4-6)5-7-3-9(7,12)13/h7H,1-5H2. The Bertz CT molecular complexity index is 270.